The predicted octanol–water partition coefficient (Wildman–Crippen LogP) is 2.49. The highest BCUT2D eigenvalue weighted by Gasteiger charge is 2.36. The maximum atomic E-state index is 12.5. The molecule has 23 heavy (non-hydrogen) atoms. The van der Waals surface area contributed by atoms with Crippen LogP contribution < -0.4 is 5.32 Å². The lowest BCUT2D eigenvalue weighted by atomic mass is 10.1. The first-order valence-corrected chi connectivity index (χ1v) is 9.27. The summed E-state index contributed by atoms with van der Waals surface area (Å²) in [5.41, 5.74) is 0. The lowest BCUT2D eigenvalue weighted by Gasteiger charge is -2.29. The van der Waals surface area contributed by atoms with Crippen molar-refractivity contribution in [3.8, 4) is 0 Å². The number of unbranched alkanes of at least 4 members (excludes halogenated alkanes) is 1. The van der Waals surface area contributed by atoms with E-state index in [0.29, 0.717) is 6.04 Å². The molecule has 5 nitrogen and oxygen atoms in total. The van der Waals surface area contributed by atoms with Crippen LogP contribution in [0.3, 0.4) is 0 Å². The van der Waals surface area contributed by atoms with Crippen molar-refractivity contribution in [3.63, 3.8) is 0 Å². The van der Waals surface area contributed by atoms with Crippen LogP contribution in [0, 0.1) is 6.92 Å². The van der Waals surface area contributed by atoms with E-state index in [0.717, 1.165) is 44.7 Å². The minimum absolute atomic E-state index is 0.133. The molecular weight excluding hydrogens is 288 g/mol. The SMILES string of the molecule is Cc1nccn1CCCCNC(=O)C1CCCN1C1CCCC1. The zero-order chi connectivity index (χ0) is 16.1. The van der Waals surface area contributed by atoms with Crippen molar-refractivity contribution < 1.29 is 4.79 Å². The molecule has 1 N–H and O–H groups in total. The van der Waals surface area contributed by atoms with E-state index in [1.54, 1.807) is 0 Å². The summed E-state index contributed by atoms with van der Waals surface area (Å²) >= 11 is 0. The summed E-state index contributed by atoms with van der Waals surface area (Å²) in [5, 5.41) is 3.17. The molecule has 1 amide bonds. The van der Waals surface area contributed by atoms with E-state index >= 15 is 0 Å². The van der Waals surface area contributed by atoms with Crippen LogP contribution in [-0.4, -0.2) is 45.5 Å². The highest BCUT2D eigenvalue weighted by Crippen LogP contribution is 2.30. The number of imidazole rings is 1. The Balaban J connectivity index is 1.36. The number of aromatic nitrogens is 2. The Morgan fingerprint density at radius 3 is 2.83 bits per heavy atom. The first-order valence-electron chi connectivity index (χ1n) is 9.27. The molecule has 0 bridgehead atoms. The number of likely N-dealkylation sites (tertiary alicyclic amines) is 1. The summed E-state index contributed by atoms with van der Waals surface area (Å²) in [7, 11) is 0. The van der Waals surface area contributed by atoms with Gasteiger partial charge in [-0.1, -0.05) is 12.8 Å². The van der Waals surface area contributed by atoms with Gasteiger partial charge in [-0.3, -0.25) is 9.69 Å². The van der Waals surface area contributed by atoms with Gasteiger partial charge in [0.2, 0.25) is 5.91 Å². The molecule has 1 saturated carbocycles. The number of carbonyl (C=O) groups is 1. The average molecular weight is 318 g/mol. The van der Waals surface area contributed by atoms with E-state index in [4.69, 9.17) is 0 Å². The molecule has 1 unspecified atom stereocenters. The molecule has 1 aromatic rings. The predicted molar refractivity (Wildman–Crippen MR) is 91.2 cm³/mol. The normalized spacial score (nSPS) is 22.7. The van der Waals surface area contributed by atoms with Crippen LogP contribution >= 0.6 is 0 Å². The van der Waals surface area contributed by atoms with Gasteiger partial charge < -0.3 is 9.88 Å². The summed E-state index contributed by atoms with van der Waals surface area (Å²) in [6.07, 6.45) is 13.4. The molecular formula is C18H30N4O. The van der Waals surface area contributed by atoms with Gasteiger partial charge in [0.15, 0.2) is 0 Å². The van der Waals surface area contributed by atoms with Gasteiger partial charge in [-0.15, -0.1) is 0 Å². The second-order valence-electron chi connectivity index (χ2n) is 7.00. The highest BCUT2D eigenvalue weighted by molar-refractivity contribution is 5.82. The third kappa shape index (κ3) is 4.14. The third-order valence-electron chi connectivity index (χ3n) is 5.44. The van der Waals surface area contributed by atoms with E-state index in [9.17, 15) is 4.79 Å². The molecule has 2 aliphatic rings. The lowest BCUT2D eigenvalue weighted by molar-refractivity contribution is -0.126. The highest BCUT2D eigenvalue weighted by atomic mass is 16.2. The van der Waals surface area contributed by atoms with Crippen molar-refractivity contribution >= 4 is 5.91 Å². The molecule has 1 aliphatic carbocycles. The minimum Gasteiger partial charge on any atom is -0.355 e. The van der Waals surface area contributed by atoms with Crippen LogP contribution in [0.1, 0.15) is 57.2 Å². The number of amides is 1. The van der Waals surface area contributed by atoms with E-state index in [1.807, 2.05) is 19.3 Å². The van der Waals surface area contributed by atoms with Crippen molar-refractivity contribution in [2.45, 2.75) is 76.9 Å². The third-order valence-corrected chi connectivity index (χ3v) is 5.44. The van der Waals surface area contributed by atoms with Gasteiger partial charge in [0.05, 0.1) is 6.04 Å². The molecule has 1 aromatic heterocycles. The molecule has 1 aliphatic heterocycles. The van der Waals surface area contributed by atoms with E-state index in [-0.39, 0.29) is 11.9 Å². The van der Waals surface area contributed by atoms with Crippen molar-refractivity contribution in [2.24, 2.45) is 0 Å². The summed E-state index contributed by atoms with van der Waals surface area (Å²) in [5.74, 6) is 1.32. The van der Waals surface area contributed by atoms with Crippen LogP contribution in [0.5, 0.6) is 0 Å². The Hall–Kier alpha value is -1.36. The second kappa shape index (κ2) is 7.95. The van der Waals surface area contributed by atoms with Gasteiger partial charge in [-0.05, 0) is 52.0 Å². The number of aryl methyl sites for hydroxylation is 2. The molecule has 1 atom stereocenters. The number of hydrogen-bond acceptors (Lipinski definition) is 3. The quantitative estimate of drug-likeness (QED) is 0.786. The molecule has 1 saturated heterocycles. The van der Waals surface area contributed by atoms with Crippen molar-refractivity contribution in [3.05, 3.63) is 18.2 Å². The molecule has 0 spiro atoms. The molecule has 128 valence electrons. The Morgan fingerprint density at radius 2 is 2.09 bits per heavy atom. The number of hydrogen-bond donors (Lipinski definition) is 1. The smallest absolute Gasteiger partial charge is 0.237 e. The van der Waals surface area contributed by atoms with Crippen LogP contribution in [0.25, 0.3) is 0 Å². The summed E-state index contributed by atoms with van der Waals surface area (Å²) in [4.78, 5) is 19.2. The number of carbonyl (C=O) groups excluding carboxylic acids is 1. The van der Waals surface area contributed by atoms with Gasteiger partial charge in [-0.2, -0.15) is 0 Å². The maximum absolute atomic E-state index is 12.5. The Morgan fingerprint density at radius 1 is 1.26 bits per heavy atom. The Bertz CT molecular complexity index is 507. The van der Waals surface area contributed by atoms with Crippen LogP contribution in [-0.2, 0) is 11.3 Å². The van der Waals surface area contributed by atoms with Crippen LogP contribution in [0.4, 0.5) is 0 Å². The van der Waals surface area contributed by atoms with E-state index < -0.39 is 0 Å². The molecule has 2 fully saturated rings. The molecule has 0 radical (unpaired) electrons. The summed E-state index contributed by atoms with van der Waals surface area (Å²) in [6.45, 7) is 4.92. The fraction of sp³-hybridized carbons (Fsp3) is 0.778. The standard InChI is InChI=1S/C18H30N4O/c1-15-19-11-14-21(15)12-5-4-10-20-18(23)17-9-6-13-22(17)16-7-2-3-8-16/h11,14,16-17H,2-10,12-13H2,1H3,(H,20,23). The molecule has 0 aromatic carbocycles. The summed E-state index contributed by atoms with van der Waals surface area (Å²) in [6, 6.07) is 0.798. The first-order chi connectivity index (χ1) is 11.3. The monoisotopic (exact) mass is 318 g/mol. The zero-order valence-corrected chi connectivity index (χ0v) is 14.3. The van der Waals surface area contributed by atoms with E-state index in [1.165, 1.54) is 32.1 Å². The van der Waals surface area contributed by atoms with Crippen molar-refractivity contribution in [2.75, 3.05) is 13.1 Å². The average Bonchev–Trinajstić information content (AvgIpc) is 3.28. The first kappa shape index (κ1) is 16.5. The molecule has 2 heterocycles. The van der Waals surface area contributed by atoms with Gasteiger partial charge in [-0.25, -0.2) is 4.98 Å². The maximum Gasteiger partial charge on any atom is 0.237 e. The van der Waals surface area contributed by atoms with Crippen LogP contribution in [0.15, 0.2) is 12.4 Å². The van der Waals surface area contributed by atoms with Crippen LogP contribution in [0.2, 0.25) is 0 Å². The fourth-order valence-corrected chi connectivity index (χ4v) is 4.12. The summed E-state index contributed by atoms with van der Waals surface area (Å²) < 4.78 is 2.17. The number of nitrogens with zero attached hydrogens (tertiary/aromatic N) is 3. The largest absolute Gasteiger partial charge is 0.355 e. The second-order valence-corrected chi connectivity index (χ2v) is 7.00. The minimum atomic E-state index is 0.133. The topological polar surface area (TPSA) is 50.2 Å². The van der Waals surface area contributed by atoms with Gasteiger partial charge in [0, 0.05) is 31.5 Å². The zero-order valence-electron chi connectivity index (χ0n) is 14.3. The molecule has 3 rings (SSSR count). The Kier molecular flexibility index (Phi) is 5.70. The number of nitrogens with one attached hydrogen (secondary N) is 1. The van der Waals surface area contributed by atoms with Gasteiger partial charge in [0.25, 0.3) is 0 Å². The van der Waals surface area contributed by atoms with E-state index in [2.05, 4.69) is 19.8 Å². The number of rotatable bonds is 7. The van der Waals surface area contributed by atoms with Crippen molar-refractivity contribution in [1.82, 2.24) is 19.8 Å². The fourth-order valence-electron chi connectivity index (χ4n) is 4.12. The van der Waals surface area contributed by atoms with Gasteiger partial charge >= 0.3 is 0 Å². The molecule has 5 heteroatoms. The Labute approximate surface area is 139 Å². The van der Waals surface area contributed by atoms with Crippen molar-refractivity contribution in [1.29, 1.82) is 0 Å². The lowest BCUT2D eigenvalue weighted by Crippen LogP contribution is -2.47. The van der Waals surface area contributed by atoms with Gasteiger partial charge in [0.1, 0.15) is 5.82 Å².